The van der Waals surface area contributed by atoms with Gasteiger partial charge in [0.15, 0.2) is 5.96 Å². The van der Waals surface area contributed by atoms with Crippen molar-refractivity contribution >= 4 is 41.3 Å². The van der Waals surface area contributed by atoms with Gasteiger partial charge in [0.05, 0.1) is 6.54 Å². The zero-order chi connectivity index (χ0) is 15.6. The molecule has 128 valence electrons. The van der Waals surface area contributed by atoms with Gasteiger partial charge in [0.1, 0.15) is 0 Å². The Morgan fingerprint density at radius 3 is 2.68 bits per heavy atom. The van der Waals surface area contributed by atoms with Gasteiger partial charge in [0.2, 0.25) is 0 Å². The van der Waals surface area contributed by atoms with Gasteiger partial charge in [-0.3, -0.25) is 4.99 Å². The minimum absolute atomic E-state index is 0. The molecule has 6 heteroatoms. The molecule has 0 aliphatic rings. The Bertz CT molecular complexity index is 408. The zero-order valence-corrected chi connectivity index (χ0v) is 17.3. The summed E-state index contributed by atoms with van der Waals surface area (Å²) >= 11 is 1.80. The molecule has 0 spiro atoms. The molecule has 0 unspecified atom stereocenters. The summed E-state index contributed by atoms with van der Waals surface area (Å²) in [5, 5.41) is 8.78. The average molecular weight is 439 g/mol. The van der Waals surface area contributed by atoms with E-state index in [1.54, 1.807) is 11.3 Å². The van der Waals surface area contributed by atoms with Crippen LogP contribution in [0.1, 0.15) is 39.0 Å². The van der Waals surface area contributed by atoms with Gasteiger partial charge in [0, 0.05) is 36.6 Å². The molecular formula is C16H30IN3OS. The molecule has 1 aromatic rings. The second kappa shape index (κ2) is 12.1. The molecule has 0 saturated carbocycles. The van der Waals surface area contributed by atoms with E-state index >= 15 is 0 Å². The van der Waals surface area contributed by atoms with Crippen molar-refractivity contribution in [2.75, 3.05) is 32.8 Å². The minimum Gasteiger partial charge on any atom is -0.382 e. The van der Waals surface area contributed by atoms with Crippen molar-refractivity contribution < 1.29 is 4.74 Å². The molecule has 1 aromatic heterocycles. The number of ether oxygens (including phenoxy) is 1. The lowest BCUT2D eigenvalue weighted by Gasteiger charge is -2.21. The first-order valence-corrected chi connectivity index (χ1v) is 8.62. The van der Waals surface area contributed by atoms with Crippen LogP contribution in [0, 0.1) is 0 Å². The van der Waals surface area contributed by atoms with Crippen LogP contribution in [0.15, 0.2) is 22.5 Å². The van der Waals surface area contributed by atoms with Crippen LogP contribution in [0.25, 0.3) is 0 Å². The van der Waals surface area contributed by atoms with Crippen molar-refractivity contribution in [3.63, 3.8) is 0 Å². The first kappa shape index (κ1) is 21.7. The second-order valence-electron chi connectivity index (χ2n) is 5.53. The molecule has 4 nitrogen and oxygen atoms in total. The number of halogens is 1. The number of aliphatic imine (C=N–C) groups is 1. The lowest BCUT2D eigenvalue weighted by molar-refractivity contribution is 0.145. The number of guanidine groups is 1. The first-order valence-electron chi connectivity index (χ1n) is 7.74. The third kappa shape index (κ3) is 8.33. The Kier molecular flexibility index (Phi) is 11.9. The highest BCUT2D eigenvalue weighted by Gasteiger charge is 2.21. The largest absolute Gasteiger partial charge is 0.382 e. The number of rotatable bonds is 9. The zero-order valence-electron chi connectivity index (χ0n) is 14.1. The molecule has 0 fully saturated rings. The average Bonchev–Trinajstić information content (AvgIpc) is 2.99. The van der Waals surface area contributed by atoms with Crippen LogP contribution in [-0.4, -0.2) is 38.8 Å². The van der Waals surface area contributed by atoms with Gasteiger partial charge in [-0.05, 0) is 31.7 Å². The number of hydrogen-bond acceptors (Lipinski definition) is 3. The van der Waals surface area contributed by atoms with E-state index in [9.17, 15) is 0 Å². The normalized spacial score (nSPS) is 11.9. The Balaban J connectivity index is 0.00000441. The fourth-order valence-corrected chi connectivity index (χ4v) is 2.73. The molecule has 0 saturated heterocycles. The van der Waals surface area contributed by atoms with Crippen molar-refractivity contribution in [3.8, 4) is 0 Å². The number of nitrogens with one attached hydrogen (secondary N) is 2. The third-order valence-electron chi connectivity index (χ3n) is 3.13. The van der Waals surface area contributed by atoms with E-state index in [-0.39, 0.29) is 29.4 Å². The Hall–Kier alpha value is -0.340. The molecular weight excluding hydrogens is 409 g/mol. The maximum atomic E-state index is 5.34. The van der Waals surface area contributed by atoms with Gasteiger partial charge in [-0.2, -0.15) is 0 Å². The summed E-state index contributed by atoms with van der Waals surface area (Å²) in [6, 6.07) is 4.28. The molecule has 0 bridgehead atoms. The molecule has 0 aromatic carbocycles. The van der Waals surface area contributed by atoms with Gasteiger partial charge in [-0.1, -0.05) is 19.9 Å². The van der Waals surface area contributed by atoms with Crippen LogP contribution in [0.2, 0.25) is 0 Å². The molecule has 22 heavy (non-hydrogen) atoms. The highest BCUT2D eigenvalue weighted by Crippen LogP contribution is 2.27. The summed E-state index contributed by atoms with van der Waals surface area (Å²) in [4.78, 5) is 6.09. The van der Waals surface area contributed by atoms with Crippen molar-refractivity contribution in [1.82, 2.24) is 10.6 Å². The van der Waals surface area contributed by atoms with Crippen LogP contribution < -0.4 is 10.6 Å². The van der Waals surface area contributed by atoms with E-state index < -0.39 is 0 Å². The minimum atomic E-state index is 0. The molecule has 0 aliphatic heterocycles. The van der Waals surface area contributed by atoms with Crippen LogP contribution in [0.3, 0.4) is 0 Å². The highest BCUT2D eigenvalue weighted by molar-refractivity contribution is 14.0. The summed E-state index contributed by atoms with van der Waals surface area (Å²) in [7, 11) is 0. The standard InChI is InChI=1S/C16H29N3OS.HI/c1-5-17-15(18-10-8-11-20-6-2)19-13-16(3,4)14-9-7-12-21-14;/h7,9,12H,5-6,8,10-11,13H2,1-4H3,(H2,17,18,19);1H. The predicted octanol–water partition coefficient (Wildman–Crippen LogP) is 3.63. The molecule has 0 radical (unpaired) electrons. The van der Waals surface area contributed by atoms with Gasteiger partial charge in [0.25, 0.3) is 0 Å². The van der Waals surface area contributed by atoms with Gasteiger partial charge in [-0.15, -0.1) is 35.3 Å². The van der Waals surface area contributed by atoms with Crippen molar-refractivity contribution in [2.45, 2.75) is 39.5 Å². The van der Waals surface area contributed by atoms with E-state index in [1.807, 2.05) is 6.92 Å². The highest BCUT2D eigenvalue weighted by atomic mass is 127. The smallest absolute Gasteiger partial charge is 0.191 e. The molecule has 0 aliphatic carbocycles. The maximum Gasteiger partial charge on any atom is 0.191 e. The van der Waals surface area contributed by atoms with Crippen LogP contribution in [0.4, 0.5) is 0 Å². The van der Waals surface area contributed by atoms with E-state index in [0.29, 0.717) is 0 Å². The quantitative estimate of drug-likeness (QED) is 0.267. The van der Waals surface area contributed by atoms with E-state index in [1.165, 1.54) is 4.88 Å². The lowest BCUT2D eigenvalue weighted by atomic mass is 9.92. The molecule has 2 N–H and O–H groups in total. The SMILES string of the molecule is CCNC(=NCC(C)(C)c1cccs1)NCCCOCC.I. The summed E-state index contributed by atoms with van der Waals surface area (Å²) in [6.07, 6.45) is 0.993. The predicted molar refractivity (Wildman–Crippen MR) is 108 cm³/mol. The lowest BCUT2D eigenvalue weighted by Crippen LogP contribution is -2.39. The summed E-state index contributed by atoms with van der Waals surface area (Å²) in [5.74, 6) is 0.888. The first-order chi connectivity index (χ1) is 10.1. The molecule has 0 amide bonds. The van der Waals surface area contributed by atoms with Crippen LogP contribution >= 0.6 is 35.3 Å². The summed E-state index contributed by atoms with van der Waals surface area (Å²) in [6.45, 7) is 12.7. The van der Waals surface area contributed by atoms with Gasteiger partial charge in [-0.25, -0.2) is 0 Å². The van der Waals surface area contributed by atoms with E-state index in [4.69, 9.17) is 9.73 Å². The van der Waals surface area contributed by atoms with Gasteiger partial charge < -0.3 is 15.4 Å². The second-order valence-corrected chi connectivity index (χ2v) is 6.48. The number of nitrogens with zero attached hydrogens (tertiary/aromatic N) is 1. The van der Waals surface area contributed by atoms with Crippen molar-refractivity contribution in [2.24, 2.45) is 4.99 Å². The maximum absolute atomic E-state index is 5.34. The van der Waals surface area contributed by atoms with E-state index in [0.717, 1.165) is 45.2 Å². The number of hydrogen-bond donors (Lipinski definition) is 2. The molecule has 0 atom stereocenters. The summed E-state index contributed by atoms with van der Waals surface area (Å²) in [5.41, 5.74) is 0.0713. The topological polar surface area (TPSA) is 45.7 Å². The summed E-state index contributed by atoms with van der Waals surface area (Å²) < 4.78 is 5.34. The third-order valence-corrected chi connectivity index (χ3v) is 4.36. The Morgan fingerprint density at radius 1 is 1.32 bits per heavy atom. The van der Waals surface area contributed by atoms with Crippen molar-refractivity contribution in [1.29, 1.82) is 0 Å². The van der Waals surface area contributed by atoms with Crippen LogP contribution in [-0.2, 0) is 10.2 Å². The molecule has 1 rings (SSSR count). The van der Waals surface area contributed by atoms with E-state index in [2.05, 4.69) is 48.9 Å². The Morgan fingerprint density at radius 2 is 2.09 bits per heavy atom. The molecule has 1 heterocycles. The number of thiophene rings is 1. The Labute approximate surface area is 156 Å². The van der Waals surface area contributed by atoms with Gasteiger partial charge >= 0.3 is 0 Å². The van der Waals surface area contributed by atoms with Crippen molar-refractivity contribution in [3.05, 3.63) is 22.4 Å². The fraction of sp³-hybridized carbons (Fsp3) is 0.688. The van der Waals surface area contributed by atoms with Crippen LogP contribution in [0.5, 0.6) is 0 Å². The fourth-order valence-electron chi connectivity index (χ4n) is 1.89. The monoisotopic (exact) mass is 439 g/mol.